The van der Waals surface area contributed by atoms with Gasteiger partial charge in [-0.05, 0) is 63.8 Å². The standard InChI is InChI=1S/C26H28BrNO4/c1-3-14-31-24-11-9-20(16-25(24)30-2)18-28-26(29)21-10-12-23(22(27)17-21)32-15-13-19-7-5-4-6-8-19/h4-12,16-17H,3,13-15,18H2,1-2H3,(H,28,29). The van der Waals surface area contributed by atoms with Crippen molar-refractivity contribution in [1.29, 1.82) is 0 Å². The van der Waals surface area contributed by atoms with Crippen LogP contribution in [-0.4, -0.2) is 26.2 Å². The number of benzene rings is 3. The zero-order chi connectivity index (χ0) is 22.8. The summed E-state index contributed by atoms with van der Waals surface area (Å²) in [4.78, 5) is 12.6. The Labute approximate surface area is 197 Å². The SMILES string of the molecule is CCCOc1ccc(CNC(=O)c2ccc(OCCc3ccccc3)c(Br)c2)cc1OC. The van der Waals surface area contributed by atoms with Crippen LogP contribution < -0.4 is 19.5 Å². The third-order valence-corrected chi connectivity index (χ3v) is 5.45. The third-order valence-electron chi connectivity index (χ3n) is 4.83. The smallest absolute Gasteiger partial charge is 0.251 e. The highest BCUT2D eigenvalue weighted by Gasteiger charge is 2.11. The molecular formula is C26H28BrNO4. The number of hydrogen-bond acceptors (Lipinski definition) is 4. The van der Waals surface area contributed by atoms with E-state index in [0.29, 0.717) is 42.6 Å². The molecule has 0 unspecified atom stereocenters. The molecule has 3 rings (SSSR count). The number of rotatable bonds is 11. The number of halogens is 1. The average molecular weight is 498 g/mol. The summed E-state index contributed by atoms with van der Waals surface area (Å²) in [6, 6.07) is 21.2. The second-order valence-corrected chi connectivity index (χ2v) is 8.10. The molecule has 32 heavy (non-hydrogen) atoms. The molecule has 0 radical (unpaired) electrons. The second kappa shape index (κ2) is 12.2. The molecule has 3 aromatic rings. The predicted molar refractivity (Wildman–Crippen MR) is 130 cm³/mol. The van der Waals surface area contributed by atoms with Crippen molar-refractivity contribution in [3.8, 4) is 17.2 Å². The largest absolute Gasteiger partial charge is 0.493 e. The van der Waals surface area contributed by atoms with Gasteiger partial charge in [0, 0.05) is 18.5 Å². The van der Waals surface area contributed by atoms with E-state index in [-0.39, 0.29) is 5.91 Å². The molecule has 0 aromatic heterocycles. The quantitative estimate of drug-likeness (QED) is 0.363. The third kappa shape index (κ3) is 6.76. The molecule has 0 aliphatic rings. The van der Waals surface area contributed by atoms with E-state index in [1.807, 2.05) is 42.5 Å². The van der Waals surface area contributed by atoms with Crippen molar-refractivity contribution in [3.05, 3.63) is 87.9 Å². The molecule has 0 spiro atoms. The first-order chi connectivity index (χ1) is 15.6. The van der Waals surface area contributed by atoms with E-state index in [9.17, 15) is 4.79 Å². The van der Waals surface area contributed by atoms with Crippen LogP contribution in [0.4, 0.5) is 0 Å². The van der Waals surface area contributed by atoms with E-state index in [2.05, 4.69) is 40.3 Å². The van der Waals surface area contributed by atoms with Crippen LogP contribution in [0.15, 0.2) is 71.2 Å². The van der Waals surface area contributed by atoms with Gasteiger partial charge in [-0.3, -0.25) is 4.79 Å². The molecule has 0 aliphatic carbocycles. The Kier molecular flexibility index (Phi) is 8.99. The Morgan fingerprint density at radius 3 is 2.34 bits per heavy atom. The molecule has 0 aliphatic heterocycles. The maximum Gasteiger partial charge on any atom is 0.251 e. The molecule has 5 nitrogen and oxygen atoms in total. The normalized spacial score (nSPS) is 10.5. The average Bonchev–Trinajstić information content (AvgIpc) is 2.83. The fourth-order valence-corrected chi connectivity index (χ4v) is 3.61. The summed E-state index contributed by atoms with van der Waals surface area (Å²) in [5, 5.41) is 2.94. The van der Waals surface area contributed by atoms with Crippen LogP contribution in [0.25, 0.3) is 0 Å². The highest BCUT2D eigenvalue weighted by atomic mass is 79.9. The van der Waals surface area contributed by atoms with Gasteiger partial charge >= 0.3 is 0 Å². The molecular weight excluding hydrogens is 470 g/mol. The summed E-state index contributed by atoms with van der Waals surface area (Å²) in [5.41, 5.74) is 2.71. The van der Waals surface area contributed by atoms with Gasteiger partial charge in [-0.1, -0.05) is 43.3 Å². The van der Waals surface area contributed by atoms with E-state index in [1.54, 1.807) is 19.2 Å². The lowest BCUT2D eigenvalue weighted by Crippen LogP contribution is -2.22. The molecule has 0 saturated heterocycles. The maximum absolute atomic E-state index is 12.6. The number of methoxy groups -OCH3 is 1. The molecule has 0 bridgehead atoms. The molecule has 6 heteroatoms. The first-order valence-electron chi connectivity index (χ1n) is 10.6. The minimum Gasteiger partial charge on any atom is -0.493 e. The van der Waals surface area contributed by atoms with Gasteiger partial charge in [0.25, 0.3) is 5.91 Å². The van der Waals surface area contributed by atoms with Gasteiger partial charge in [0.2, 0.25) is 0 Å². The van der Waals surface area contributed by atoms with Crippen LogP contribution >= 0.6 is 15.9 Å². The van der Waals surface area contributed by atoms with Crippen molar-refractivity contribution in [3.63, 3.8) is 0 Å². The molecule has 0 fully saturated rings. The van der Waals surface area contributed by atoms with Gasteiger partial charge in [0.1, 0.15) is 5.75 Å². The number of carbonyl (C=O) groups is 1. The second-order valence-electron chi connectivity index (χ2n) is 7.25. The van der Waals surface area contributed by atoms with E-state index >= 15 is 0 Å². The molecule has 1 amide bonds. The van der Waals surface area contributed by atoms with Gasteiger partial charge in [-0.25, -0.2) is 0 Å². The lowest BCUT2D eigenvalue weighted by Gasteiger charge is -2.13. The van der Waals surface area contributed by atoms with Crippen molar-refractivity contribution < 1.29 is 19.0 Å². The maximum atomic E-state index is 12.6. The number of nitrogens with one attached hydrogen (secondary N) is 1. The highest BCUT2D eigenvalue weighted by molar-refractivity contribution is 9.10. The van der Waals surface area contributed by atoms with Crippen LogP contribution in [-0.2, 0) is 13.0 Å². The van der Waals surface area contributed by atoms with Gasteiger partial charge in [-0.2, -0.15) is 0 Å². The van der Waals surface area contributed by atoms with Gasteiger partial charge in [0.15, 0.2) is 11.5 Å². The molecule has 3 aromatic carbocycles. The topological polar surface area (TPSA) is 56.8 Å². The zero-order valence-corrected chi connectivity index (χ0v) is 20.0. The molecule has 168 valence electrons. The summed E-state index contributed by atoms with van der Waals surface area (Å²) >= 11 is 3.51. The predicted octanol–water partition coefficient (Wildman–Crippen LogP) is 5.80. The van der Waals surface area contributed by atoms with Gasteiger partial charge in [0.05, 0.1) is 24.8 Å². The summed E-state index contributed by atoms with van der Waals surface area (Å²) in [6.07, 6.45) is 1.74. The van der Waals surface area contributed by atoms with Crippen molar-refractivity contribution in [2.45, 2.75) is 26.3 Å². The minimum absolute atomic E-state index is 0.160. The summed E-state index contributed by atoms with van der Waals surface area (Å²) in [6.45, 7) is 3.63. The van der Waals surface area contributed by atoms with E-state index in [4.69, 9.17) is 14.2 Å². The Bertz CT molecular complexity index is 1020. The molecule has 1 N–H and O–H groups in total. The minimum atomic E-state index is -0.160. The van der Waals surface area contributed by atoms with Crippen molar-refractivity contribution in [1.82, 2.24) is 5.32 Å². The molecule has 0 heterocycles. The number of carbonyl (C=O) groups excluding carboxylic acids is 1. The summed E-state index contributed by atoms with van der Waals surface area (Å²) < 4.78 is 17.7. The monoisotopic (exact) mass is 497 g/mol. The summed E-state index contributed by atoms with van der Waals surface area (Å²) in [7, 11) is 1.61. The van der Waals surface area contributed by atoms with E-state index < -0.39 is 0 Å². The molecule has 0 saturated carbocycles. The van der Waals surface area contributed by atoms with E-state index in [1.165, 1.54) is 5.56 Å². The fourth-order valence-electron chi connectivity index (χ4n) is 3.12. The molecule has 0 atom stereocenters. The van der Waals surface area contributed by atoms with Crippen molar-refractivity contribution in [2.75, 3.05) is 20.3 Å². The lowest BCUT2D eigenvalue weighted by molar-refractivity contribution is 0.0950. The Balaban J connectivity index is 1.54. The Morgan fingerprint density at radius 1 is 0.875 bits per heavy atom. The van der Waals surface area contributed by atoms with Crippen LogP contribution in [0.2, 0.25) is 0 Å². The van der Waals surface area contributed by atoms with Crippen LogP contribution in [0.1, 0.15) is 34.8 Å². The lowest BCUT2D eigenvalue weighted by atomic mass is 10.1. The number of hydrogen-bond donors (Lipinski definition) is 1. The van der Waals surface area contributed by atoms with E-state index in [0.717, 1.165) is 22.9 Å². The first-order valence-corrected chi connectivity index (χ1v) is 11.4. The summed E-state index contributed by atoms with van der Waals surface area (Å²) in [5.74, 6) is 1.91. The number of ether oxygens (including phenoxy) is 3. The number of amides is 1. The van der Waals surface area contributed by atoms with Crippen molar-refractivity contribution in [2.24, 2.45) is 0 Å². The highest BCUT2D eigenvalue weighted by Crippen LogP contribution is 2.29. The fraction of sp³-hybridized carbons (Fsp3) is 0.269. The van der Waals surface area contributed by atoms with Gasteiger partial charge < -0.3 is 19.5 Å². The van der Waals surface area contributed by atoms with Crippen LogP contribution in [0.3, 0.4) is 0 Å². The first kappa shape index (κ1) is 23.7. The van der Waals surface area contributed by atoms with Crippen LogP contribution in [0, 0.1) is 0 Å². The van der Waals surface area contributed by atoms with Crippen molar-refractivity contribution >= 4 is 21.8 Å². The zero-order valence-electron chi connectivity index (χ0n) is 18.4. The van der Waals surface area contributed by atoms with Crippen LogP contribution in [0.5, 0.6) is 17.2 Å². The Morgan fingerprint density at radius 2 is 1.62 bits per heavy atom. The Hall–Kier alpha value is -2.99. The van der Waals surface area contributed by atoms with Gasteiger partial charge in [-0.15, -0.1) is 0 Å².